The number of nitrogens with one attached hydrogen (secondary N) is 1. The quantitative estimate of drug-likeness (QED) is 0.424. The lowest BCUT2D eigenvalue weighted by atomic mass is 9.94. The molecule has 1 aliphatic rings. The molecule has 0 spiro atoms. The van der Waals surface area contributed by atoms with Gasteiger partial charge in [-0.3, -0.25) is 4.79 Å². The van der Waals surface area contributed by atoms with Crippen molar-refractivity contribution < 1.29 is 19.5 Å². The lowest BCUT2D eigenvalue weighted by Gasteiger charge is -2.25. The Balaban J connectivity index is 0.000000492. The number of hydrogen-bond donors (Lipinski definition) is 3. The van der Waals surface area contributed by atoms with E-state index in [0.717, 1.165) is 12.8 Å². The van der Waals surface area contributed by atoms with E-state index < -0.39 is 0 Å². The second-order valence-electron chi connectivity index (χ2n) is 3.86. The highest BCUT2D eigenvalue weighted by Gasteiger charge is 2.19. The molecule has 0 saturated heterocycles. The third-order valence-electron chi connectivity index (χ3n) is 2.57. The summed E-state index contributed by atoms with van der Waals surface area (Å²) in [5, 5.41) is 6.89. The van der Waals surface area contributed by atoms with Crippen LogP contribution in [0.15, 0.2) is 24.3 Å². The average molecular weight is 252 g/mol. The predicted octanol–water partition coefficient (Wildman–Crippen LogP) is 1.18. The summed E-state index contributed by atoms with van der Waals surface area (Å²) in [6.45, 7) is -0.250. The Hall–Kier alpha value is -2.08. The summed E-state index contributed by atoms with van der Waals surface area (Å²) in [6.07, 6.45) is 3.36. The number of carbonyl (C=O) groups excluding carboxylic acids is 1. The molecule has 0 aromatic heterocycles. The lowest BCUT2D eigenvalue weighted by Crippen LogP contribution is -2.36. The molecule has 6 heteroatoms. The zero-order valence-electron chi connectivity index (χ0n) is 9.83. The topological polar surface area (TPSA) is 102 Å². The zero-order valence-corrected chi connectivity index (χ0v) is 9.83. The van der Waals surface area contributed by atoms with Crippen LogP contribution >= 0.6 is 0 Å². The van der Waals surface area contributed by atoms with Crippen molar-refractivity contribution >= 4 is 18.1 Å². The van der Waals surface area contributed by atoms with E-state index >= 15 is 0 Å². The van der Waals surface area contributed by atoms with Crippen molar-refractivity contribution in [3.05, 3.63) is 29.8 Å². The lowest BCUT2D eigenvalue weighted by molar-refractivity contribution is -0.122. The molecule has 2 rings (SSSR count). The van der Waals surface area contributed by atoms with Crippen molar-refractivity contribution in [2.45, 2.75) is 25.3 Å². The van der Waals surface area contributed by atoms with Crippen molar-refractivity contribution in [2.24, 2.45) is 0 Å². The van der Waals surface area contributed by atoms with Crippen molar-refractivity contribution in [3.63, 3.8) is 0 Å². The number of anilines is 1. The zero-order chi connectivity index (χ0) is 13.4. The van der Waals surface area contributed by atoms with Crippen LogP contribution in [0.2, 0.25) is 0 Å². The maximum absolute atomic E-state index is 11.5. The molecular weight excluding hydrogens is 236 g/mol. The van der Waals surface area contributed by atoms with Gasteiger partial charge in [0.05, 0.1) is 5.56 Å². The van der Waals surface area contributed by atoms with Gasteiger partial charge in [-0.2, -0.15) is 0 Å². The Bertz CT molecular complexity index is 388. The van der Waals surface area contributed by atoms with Gasteiger partial charge in [-0.15, -0.1) is 5.48 Å². The molecular formula is C12H16N2O4. The second kappa shape index (κ2) is 7.29. The molecule has 0 amide bonds. The molecule has 1 aromatic rings. The number of rotatable bonds is 3. The highest BCUT2D eigenvalue weighted by Crippen LogP contribution is 2.18. The van der Waals surface area contributed by atoms with Crippen LogP contribution in [0.1, 0.15) is 29.6 Å². The molecule has 6 nitrogen and oxygen atoms in total. The fourth-order valence-corrected chi connectivity index (χ4v) is 1.34. The Morgan fingerprint density at radius 3 is 2.39 bits per heavy atom. The fourth-order valence-electron chi connectivity index (χ4n) is 1.34. The van der Waals surface area contributed by atoms with Crippen LogP contribution in [0, 0.1) is 0 Å². The minimum Gasteiger partial charge on any atom is -0.483 e. The maximum Gasteiger partial charge on any atom is 0.356 e. The summed E-state index contributed by atoms with van der Waals surface area (Å²) in [4.78, 5) is 24.8. The standard InChI is InChI=1S/C11H14N2O2.CH2O2/c12-9-6-4-8(5-7-9)11(14)15-13-10-2-1-3-10;2-1-3/h4-7,10,13H,1-3,12H2;1H,(H,2,3). The predicted molar refractivity (Wildman–Crippen MR) is 65.7 cm³/mol. The number of nitrogens with two attached hydrogens (primary N) is 1. The summed E-state index contributed by atoms with van der Waals surface area (Å²) in [5.74, 6) is -0.359. The second-order valence-corrected chi connectivity index (χ2v) is 3.86. The van der Waals surface area contributed by atoms with E-state index in [1.807, 2.05) is 0 Å². The fraction of sp³-hybridized carbons (Fsp3) is 0.333. The van der Waals surface area contributed by atoms with Gasteiger partial charge in [-0.05, 0) is 37.1 Å². The molecule has 1 aromatic carbocycles. The summed E-state index contributed by atoms with van der Waals surface area (Å²) in [5.41, 5.74) is 9.41. The van der Waals surface area contributed by atoms with Crippen molar-refractivity contribution in [3.8, 4) is 0 Å². The summed E-state index contributed by atoms with van der Waals surface area (Å²) in [7, 11) is 0. The van der Waals surface area contributed by atoms with Crippen LogP contribution in [0.4, 0.5) is 5.69 Å². The number of benzene rings is 1. The molecule has 1 aliphatic carbocycles. The van der Waals surface area contributed by atoms with Crippen LogP contribution in [0.3, 0.4) is 0 Å². The summed E-state index contributed by atoms with van der Waals surface area (Å²) >= 11 is 0. The van der Waals surface area contributed by atoms with Crippen LogP contribution in [0.5, 0.6) is 0 Å². The molecule has 4 N–H and O–H groups in total. The van der Waals surface area contributed by atoms with E-state index in [1.54, 1.807) is 24.3 Å². The van der Waals surface area contributed by atoms with E-state index in [1.165, 1.54) is 6.42 Å². The van der Waals surface area contributed by atoms with Crippen LogP contribution in [-0.4, -0.2) is 23.6 Å². The molecule has 0 bridgehead atoms. The van der Waals surface area contributed by atoms with E-state index in [2.05, 4.69) is 5.48 Å². The summed E-state index contributed by atoms with van der Waals surface area (Å²) < 4.78 is 0. The Morgan fingerprint density at radius 2 is 1.94 bits per heavy atom. The monoisotopic (exact) mass is 252 g/mol. The Labute approximate surface area is 105 Å². The van der Waals surface area contributed by atoms with Gasteiger partial charge >= 0.3 is 5.97 Å². The third kappa shape index (κ3) is 4.42. The van der Waals surface area contributed by atoms with E-state index in [4.69, 9.17) is 20.5 Å². The first-order chi connectivity index (χ1) is 8.67. The van der Waals surface area contributed by atoms with Crippen molar-refractivity contribution in [1.82, 2.24) is 5.48 Å². The first-order valence-corrected chi connectivity index (χ1v) is 5.57. The first kappa shape index (κ1) is 14.0. The average Bonchev–Trinajstić information content (AvgIpc) is 2.28. The Kier molecular flexibility index (Phi) is 5.66. The largest absolute Gasteiger partial charge is 0.483 e. The minimum atomic E-state index is -0.359. The molecule has 1 fully saturated rings. The number of nitrogen functional groups attached to an aromatic ring is 1. The minimum absolute atomic E-state index is 0.250. The molecule has 0 radical (unpaired) electrons. The smallest absolute Gasteiger partial charge is 0.356 e. The van der Waals surface area contributed by atoms with Gasteiger partial charge in [-0.1, -0.05) is 6.42 Å². The molecule has 0 aliphatic heterocycles. The molecule has 0 heterocycles. The van der Waals surface area contributed by atoms with E-state index in [9.17, 15) is 4.79 Å². The van der Waals surface area contributed by atoms with Crippen molar-refractivity contribution in [2.75, 3.05) is 5.73 Å². The van der Waals surface area contributed by atoms with E-state index in [0.29, 0.717) is 17.3 Å². The van der Waals surface area contributed by atoms with E-state index in [-0.39, 0.29) is 12.4 Å². The van der Waals surface area contributed by atoms with Crippen LogP contribution < -0.4 is 11.2 Å². The normalized spacial score (nSPS) is 13.8. The molecule has 1 saturated carbocycles. The number of carbonyl (C=O) groups is 2. The summed E-state index contributed by atoms with van der Waals surface area (Å²) in [6, 6.07) is 7.00. The third-order valence-corrected chi connectivity index (χ3v) is 2.57. The molecule has 0 atom stereocenters. The van der Waals surface area contributed by atoms with Gasteiger partial charge in [0.15, 0.2) is 0 Å². The first-order valence-electron chi connectivity index (χ1n) is 5.57. The SMILES string of the molecule is Nc1ccc(C(=O)ONC2CCC2)cc1.O=CO. The molecule has 18 heavy (non-hydrogen) atoms. The number of hydrogen-bond acceptors (Lipinski definition) is 5. The van der Waals surface area contributed by atoms with Gasteiger partial charge < -0.3 is 15.7 Å². The number of carboxylic acid groups (broad SMARTS) is 1. The van der Waals surface area contributed by atoms with Crippen LogP contribution in [-0.2, 0) is 9.63 Å². The van der Waals surface area contributed by atoms with Crippen LogP contribution in [0.25, 0.3) is 0 Å². The highest BCUT2D eigenvalue weighted by atomic mass is 16.7. The van der Waals surface area contributed by atoms with Gasteiger partial charge in [-0.25, -0.2) is 4.79 Å². The number of hydroxylamine groups is 1. The Morgan fingerprint density at radius 1 is 1.39 bits per heavy atom. The van der Waals surface area contributed by atoms with Gasteiger partial charge in [0.2, 0.25) is 0 Å². The molecule has 98 valence electrons. The highest BCUT2D eigenvalue weighted by molar-refractivity contribution is 5.89. The van der Waals surface area contributed by atoms with Gasteiger partial charge in [0.1, 0.15) is 0 Å². The van der Waals surface area contributed by atoms with Gasteiger partial charge in [0, 0.05) is 11.7 Å². The van der Waals surface area contributed by atoms with Crippen molar-refractivity contribution in [1.29, 1.82) is 0 Å². The van der Waals surface area contributed by atoms with Gasteiger partial charge in [0.25, 0.3) is 6.47 Å². The molecule has 0 unspecified atom stereocenters. The maximum atomic E-state index is 11.5.